The first-order valence-electron chi connectivity index (χ1n) is 11.9. The van der Waals surface area contributed by atoms with Gasteiger partial charge in [0.05, 0.1) is 22.9 Å². The van der Waals surface area contributed by atoms with E-state index in [0.29, 0.717) is 30.1 Å². The van der Waals surface area contributed by atoms with Gasteiger partial charge in [-0.2, -0.15) is 13.2 Å². The number of nitrogens with zero attached hydrogens (tertiary/aromatic N) is 2. The van der Waals surface area contributed by atoms with E-state index in [-0.39, 0.29) is 17.9 Å². The number of pyridine rings is 1. The van der Waals surface area contributed by atoms with Crippen molar-refractivity contribution >= 4 is 21.3 Å². The summed E-state index contributed by atoms with van der Waals surface area (Å²) in [5.41, 5.74) is 3.28. The zero-order chi connectivity index (χ0) is 27.0. The van der Waals surface area contributed by atoms with E-state index >= 15 is 0 Å². The number of fused-ring (bicyclic) bond motifs is 1. The van der Waals surface area contributed by atoms with Crippen molar-refractivity contribution in [2.75, 3.05) is 6.26 Å². The highest BCUT2D eigenvalue weighted by Crippen LogP contribution is 2.39. The summed E-state index contributed by atoms with van der Waals surface area (Å²) >= 11 is 0. The van der Waals surface area contributed by atoms with Gasteiger partial charge in [0.25, 0.3) is 5.91 Å². The number of aromatic nitrogens is 1. The zero-order valence-corrected chi connectivity index (χ0v) is 21.8. The molecular formula is C28H30F3N3O2S. The first kappa shape index (κ1) is 26.9. The van der Waals surface area contributed by atoms with E-state index in [1.807, 2.05) is 18.2 Å². The van der Waals surface area contributed by atoms with Crippen molar-refractivity contribution in [2.24, 2.45) is 5.92 Å². The number of amides is 1. The molecule has 0 saturated carbocycles. The maximum Gasteiger partial charge on any atom is 0.416 e. The van der Waals surface area contributed by atoms with Crippen LogP contribution in [0.15, 0.2) is 65.7 Å². The van der Waals surface area contributed by atoms with Gasteiger partial charge >= 0.3 is 6.18 Å². The summed E-state index contributed by atoms with van der Waals surface area (Å²) in [6.45, 7) is 5.51. The van der Waals surface area contributed by atoms with Crippen LogP contribution in [-0.4, -0.2) is 32.1 Å². The quantitative estimate of drug-likeness (QED) is 0.414. The van der Waals surface area contributed by atoms with Crippen LogP contribution in [-0.2, 0) is 35.3 Å². The predicted octanol–water partition coefficient (Wildman–Crippen LogP) is 5.45. The Hall–Kier alpha value is -3.17. The van der Waals surface area contributed by atoms with Crippen LogP contribution in [0.25, 0.3) is 0 Å². The van der Waals surface area contributed by atoms with Crippen LogP contribution in [0.2, 0.25) is 0 Å². The number of nitrogens with one attached hydrogen (secondary N) is 1. The zero-order valence-electron chi connectivity index (χ0n) is 21.0. The van der Waals surface area contributed by atoms with E-state index in [2.05, 4.69) is 34.9 Å². The van der Waals surface area contributed by atoms with Crippen LogP contribution in [0.4, 0.5) is 13.2 Å². The first-order valence-corrected chi connectivity index (χ1v) is 14.0. The van der Waals surface area contributed by atoms with Gasteiger partial charge in [-0.1, -0.05) is 38.1 Å². The summed E-state index contributed by atoms with van der Waals surface area (Å²) in [6, 6.07) is 14.2. The molecule has 5 nitrogen and oxygen atoms in total. The SMILES string of the molecule is C=S(C)(=O)c1ccc(CNC(=O)c2cnc3c(c2)CN(Cc2ccc(C(F)(F)F)cc2)[C@H]3C(C)C)cc1. The van der Waals surface area contributed by atoms with Gasteiger partial charge in [-0.05, 0) is 68.3 Å². The van der Waals surface area contributed by atoms with Crippen molar-refractivity contribution < 1.29 is 22.2 Å². The Morgan fingerprint density at radius 2 is 1.76 bits per heavy atom. The van der Waals surface area contributed by atoms with E-state index in [4.69, 9.17) is 0 Å². The van der Waals surface area contributed by atoms with Gasteiger partial charge < -0.3 is 5.32 Å². The number of benzene rings is 2. The molecule has 0 fully saturated rings. The van der Waals surface area contributed by atoms with Crippen LogP contribution in [0.1, 0.15) is 58.2 Å². The van der Waals surface area contributed by atoms with Gasteiger partial charge in [0.15, 0.2) is 0 Å². The molecule has 196 valence electrons. The van der Waals surface area contributed by atoms with Crippen LogP contribution >= 0.6 is 0 Å². The van der Waals surface area contributed by atoms with Crippen LogP contribution < -0.4 is 5.32 Å². The molecule has 4 rings (SSSR count). The predicted molar refractivity (Wildman–Crippen MR) is 140 cm³/mol. The summed E-state index contributed by atoms with van der Waals surface area (Å²) in [6.07, 6.45) is -1.21. The molecule has 0 aliphatic carbocycles. The third kappa shape index (κ3) is 6.22. The molecule has 1 aliphatic heterocycles. The molecule has 1 N–H and O–H groups in total. The summed E-state index contributed by atoms with van der Waals surface area (Å²) in [4.78, 5) is 20.3. The molecule has 0 spiro atoms. The highest BCUT2D eigenvalue weighted by atomic mass is 32.2. The van der Waals surface area contributed by atoms with Gasteiger partial charge in [-0.3, -0.25) is 18.9 Å². The summed E-state index contributed by atoms with van der Waals surface area (Å²) in [5, 5.41) is 2.90. The van der Waals surface area contributed by atoms with Crippen molar-refractivity contribution in [3.63, 3.8) is 0 Å². The fourth-order valence-electron chi connectivity index (χ4n) is 4.63. The minimum Gasteiger partial charge on any atom is -0.348 e. The molecule has 1 aromatic heterocycles. The van der Waals surface area contributed by atoms with Crippen molar-refractivity contribution in [1.29, 1.82) is 0 Å². The first-order chi connectivity index (χ1) is 17.3. The maximum atomic E-state index is 12.9. The third-order valence-corrected chi connectivity index (χ3v) is 7.75. The molecule has 2 atom stereocenters. The van der Waals surface area contributed by atoms with Crippen molar-refractivity contribution in [3.05, 3.63) is 94.3 Å². The Labute approximate surface area is 215 Å². The number of carbonyl (C=O) groups is 1. The molecule has 1 unspecified atom stereocenters. The van der Waals surface area contributed by atoms with Crippen LogP contribution in [0.5, 0.6) is 0 Å². The van der Waals surface area contributed by atoms with E-state index < -0.39 is 21.3 Å². The second-order valence-electron chi connectivity index (χ2n) is 9.89. The van der Waals surface area contributed by atoms with E-state index in [1.54, 1.807) is 24.6 Å². The molecule has 2 heterocycles. The van der Waals surface area contributed by atoms with E-state index in [0.717, 1.165) is 34.5 Å². The molecule has 2 aromatic carbocycles. The topological polar surface area (TPSA) is 62.3 Å². The highest BCUT2D eigenvalue weighted by molar-refractivity contribution is 7.99. The monoisotopic (exact) mass is 529 g/mol. The summed E-state index contributed by atoms with van der Waals surface area (Å²) < 4.78 is 50.8. The lowest BCUT2D eigenvalue weighted by Gasteiger charge is -2.27. The molecule has 0 radical (unpaired) electrons. The van der Waals surface area contributed by atoms with Gasteiger partial charge in [-0.25, -0.2) is 0 Å². The number of rotatable bonds is 7. The molecule has 0 saturated heterocycles. The Morgan fingerprint density at radius 3 is 2.32 bits per heavy atom. The van der Waals surface area contributed by atoms with Crippen LogP contribution in [0, 0.1) is 5.92 Å². The molecule has 3 aromatic rings. The maximum absolute atomic E-state index is 12.9. The van der Waals surface area contributed by atoms with E-state index in [1.165, 1.54) is 12.1 Å². The molecular weight excluding hydrogens is 499 g/mol. The number of halogens is 3. The third-order valence-electron chi connectivity index (χ3n) is 6.48. The normalized spacial score (nSPS) is 17.4. The fraction of sp³-hybridized carbons (Fsp3) is 0.321. The standard InChI is InChI=1S/C28H30F3N3O2S/c1-18(2)26-25-22(17-34(26)16-20-5-9-23(10-6-20)28(29,30)31)13-21(15-32-25)27(35)33-14-19-7-11-24(12-8-19)37(3,4)36/h5-13,15,18,26H,3,14,16-17H2,1-2,4H3,(H,33,35)/t26-,37?/m0/s1. The molecule has 1 amide bonds. The fourth-order valence-corrected chi connectivity index (χ4v) is 5.34. The molecule has 1 aliphatic rings. The highest BCUT2D eigenvalue weighted by Gasteiger charge is 2.35. The number of hydrogen-bond donors (Lipinski definition) is 1. The summed E-state index contributed by atoms with van der Waals surface area (Å²) in [7, 11) is -2.29. The molecule has 9 heteroatoms. The van der Waals surface area contributed by atoms with Crippen molar-refractivity contribution in [2.45, 2.75) is 50.6 Å². The minimum absolute atomic E-state index is 0.00481. The van der Waals surface area contributed by atoms with E-state index in [9.17, 15) is 22.2 Å². The van der Waals surface area contributed by atoms with Crippen molar-refractivity contribution in [1.82, 2.24) is 15.2 Å². The number of hydrogen-bond acceptors (Lipinski definition) is 4. The summed E-state index contributed by atoms with van der Waals surface area (Å²) in [5.74, 6) is 3.65. The number of alkyl halides is 3. The van der Waals surface area contributed by atoms with Crippen LogP contribution in [0.3, 0.4) is 0 Å². The largest absolute Gasteiger partial charge is 0.416 e. The Bertz CT molecular complexity index is 1380. The minimum atomic E-state index is -4.36. The lowest BCUT2D eigenvalue weighted by atomic mass is 9.99. The Morgan fingerprint density at radius 1 is 1.14 bits per heavy atom. The Balaban J connectivity index is 1.45. The average Bonchev–Trinajstić information content (AvgIpc) is 3.19. The van der Waals surface area contributed by atoms with Gasteiger partial charge in [-0.15, -0.1) is 0 Å². The van der Waals surface area contributed by atoms with Crippen molar-refractivity contribution in [3.8, 4) is 0 Å². The second-order valence-corrected chi connectivity index (χ2v) is 12.4. The Kier molecular flexibility index (Phi) is 7.48. The molecule has 37 heavy (non-hydrogen) atoms. The van der Waals surface area contributed by atoms with Gasteiger partial charge in [0, 0.05) is 37.0 Å². The average molecular weight is 530 g/mol. The second kappa shape index (κ2) is 10.3. The van der Waals surface area contributed by atoms with Gasteiger partial charge in [0.1, 0.15) is 0 Å². The van der Waals surface area contributed by atoms with Gasteiger partial charge in [0.2, 0.25) is 0 Å². The lowest BCUT2D eigenvalue weighted by Crippen LogP contribution is -2.25. The number of carbonyl (C=O) groups excluding carboxylic acids is 1. The smallest absolute Gasteiger partial charge is 0.348 e. The molecule has 0 bridgehead atoms. The lowest BCUT2D eigenvalue weighted by molar-refractivity contribution is -0.137.